The maximum Gasteiger partial charge on any atom is 0.220 e. The molecule has 0 unspecified atom stereocenters. The second-order valence-corrected chi connectivity index (χ2v) is 9.54. The summed E-state index contributed by atoms with van der Waals surface area (Å²) >= 11 is 0. The summed E-state index contributed by atoms with van der Waals surface area (Å²) < 4.78 is 6.08. The fourth-order valence-corrected chi connectivity index (χ4v) is 5.68. The van der Waals surface area contributed by atoms with Crippen LogP contribution in [-0.2, 0) is 24.1 Å². The molecule has 0 radical (unpaired) electrons. The number of nitrogens with one attached hydrogen (secondary N) is 1. The van der Waals surface area contributed by atoms with Crippen LogP contribution in [0.25, 0.3) is 0 Å². The van der Waals surface area contributed by atoms with Crippen LogP contribution in [0.2, 0.25) is 0 Å². The highest BCUT2D eigenvalue weighted by molar-refractivity contribution is 5.77. The maximum atomic E-state index is 12.9. The molecule has 2 heterocycles. The zero-order valence-electron chi connectivity index (χ0n) is 18.5. The number of likely N-dealkylation sites (tertiary alicyclic amines) is 1. The lowest BCUT2D eigenvalue weighted by molar-refractivity contribution is -0.121. The van der Waals surface area contributed by atoms with Gasteiger partial charge < -0.3 is 15.2 Å². The largest absolute Gasteiger partial charge is 0.504 e. The summed E-state index contributed by atoms with van der Waals surface area (Å²) in [6, 6.07) is 22.7. The third-order valence-electron chi connectivity index (χ3n) is 7.42. The van der Waals surface area contributed by atoms with Crippen LogP contribution >= 0.6 is 0 Å². The van der Waals surface area contributed by atoms with Crippen molar-refractivity contribution in [2.24, 2.45) is 0 Å². The second-order valence-electron chi connectivity index (χ2n) is 9.54. The van der Waals surface area contributed by atoms with Crippen molar-refractivity contribution in [3.63, 3.8) is 0 Å². The number of phenols is 1. The molecular formula is C28H28N2O3. The number of fused-ring (bicyclic) bond motifs is 7. The van der Waals surface area contributed by atoms with Crippen LogP contribution in [0, 0.1) is 0 Å². The minimum Gasteiger partial charge on any atom is -0.504 e. The predicted molar refractivity (Wildman–Crippen MR) is 127 cm³/mol. The molecule has 0 aromatic heterocycles. The highest BCUT2D eigenvalue weighted by Gasteiger charge is 2.39. The molecule has 33 heavy (non-hydrogen) atoms. The Hall–Kier alpha value is -3.31. The van der Waals surface area contributed by atoms with Crippen molar-refractivity contribution in [3.8, 4) is 17.2 Å². The van der Waals surface area contributed by atoms with Gasteiger partial charge in [-0.15, -0.1) is 0 Å². The molecule has 168 valence electrons. The van der Waals surface area contributed by atoms with Gasteiger partial charge in [0.1, 0.15) is 5.75 Å². The Kier molecular flexibility index (Phi) is 5.07. The summed E-state index contributed by atoms with van der Waals surface area (Å²) in [7, 11) is 0. The zero-order valence-corrected chi connectivity index (χ0v) is 18.5. The van der Waals surface area contributed by atoms with Crippen molar-refractivity contribution in [2.45, 2.75) is 43.7 Å². The fraction of sp³-hybridized carbons (Fsp3) is 0.321. The summed E-state index contributed by atoms with van der Waals surface area (Å²) in [6.07, 6.45) is 3.17. The highest BCUT2D eigenvalue weighted by atomic mass is 16.5. The van der Waals surface area contributed by atoms with Crippen molar-refractivity contribution in [1.29, 1.82) is 0 Å². The van der Waals surface area contributed by atoms with E-state index in [1.807, 2.05) is 24.3 Å². The van der Waals surface area contributed by atoms with Crippen molar-refractivity contribution >= 4 is 5.91 Å². The van der Waals surface area contributed by atoms with Crippen LogP contribution in [-0.4, -0.2) is 41.1 Å². The van der Waals surface area contributed by atoms with Crippen molar-refractivity contribution in [3.05, 3.63) is 89.0 Å². The molecule has 6 rings (SSSR count). The first-order valence-electron chi connectivity index (χ1n) is 11.8. The molecule has 5 nitrogen and oxygen atoms in total. The summed E-state index contributed by atoms with van der Waals surface area (Å²) in [5, 5.41) is 13.6. The summed E-state index contributed by atoms with van der Waals surface area (Å²) in [4.78, 5) is 15.5. The molecule has 3 aromatic rings. The molecule has 1 aliphatic carbocycles. The maximum absolute atomic E-state index is 12.9. The van der Waals surface area contributed by atoms with Crippen molar-refractivity contribution < 1.29 is 14.6 Å². The van der Waals surface area contributed by atoms with E-state index in [9.17, 15) is 9.90 Å². The number of ether oxygens (including phenoxy) is 1. The number of carbonyl (C=O) groups is 1. The minimum atomic E-state index is 0.0636. The average molecular weight is 441 g/mol. The Labute approximate surface area is 194 Å². The van der Waals surface area contributed by atoms with Gasteiger partial charge in [-0.05, 0) is 65.8 Å². The Bertz CT molecular complexity index is 1180. The van der Waals surface area contributed by atoms with Gasteiger partial charge in [-0.3, -0.25) is 9.69 Å². The normalized spacial score (nSPS) is 22.8. The second kappa shape index (κ2) is 8.23. The van der Waals surface area contributed by atoms with Crippen LogP contribution in [0.3, 0.4) is 0 Å². The standard InChI is InChI=1S/C28H28N2O3/c31-26-10-8-18-9-11-28(32)29-25-17-30(22-13-19-4-1-2-5-20(19)14-22)16-24(25)21-6-3-7-23(15-21)33-27(26)12-18/h1-8,10,12,15,22,24-25,31H,9,11,13-14,16-17H2,(H,29,32)/t24-,25+/m0/s1. The first-order chi connectivity index (χ1) is 16.1. The van der Waals surface area contributed by atoms with Gasteiger partial charge in [-0.1, -0.05) is 42.5 Å². The molecule has 1 saturated heterocycles. The minimum absolute atomic E-state index is 0.0636. The molecule has 2 aliphatic heterocycles. The van der Waals surface area contributed by atoms with Gasteiger partial charge >= 0.3 is 0 Å². The summed E-state index contributed by atoms with van der Waals surface area (Å²) in [5.41, 5.74) is 5.03. The Morgan fingerprint density at radius 3 is 2.55 bits per heavy atom. The smallest absolute Gasteiger partial charge is 0.220 e. The molecule has 0 spiro atoms. The van der Waals surface area contributed by atoms with E-state index >= 15 is 0 Å². The topological polar surface area (TPSA) is 61.8 Å². The van der Waals surface area contributed by atoms with Crippen LogP contribution in [0.4, 0.5) is 0 Å². The quantitative estimate of drug-likeness (QED) is 0.596. The molecular weight excluding hydrogens is 412 g/mol. The monoisotopic (exact) mass is 440 g/mol. The fourth-order valence-electron chi connectivity index (χ4n) is 5.68. The number of hydrogen-bond acceptors (Lipinski definition) is 4. The molecule has 1 amide bonds. The number of rotatable bonds is 1. The van der Waals surface area contributed by atoms with Crippen LogP contribution in [0.1, 0.15) is 34.6 Å². The predicted octanol–water partition coefficient (Wildman–Crippen LogP) is 4.18. The zero-order chi connectivity index (χ0) is 22.4. The van der Waals surface area contributed by atoms with Gasteiger partial charge in [0.25, 0.3) is 0 Å². The highest BCUT2D eigenvalue weighted by Crippen LogP contribution is 2.37. The SMILES string of the molecule is O=C1CCc2ccc(O)c(c2)Oc2cccc(c2)[C@@H]2CN(C3Cc4ccccc4C3)C[C@H]2N1. The first-order valence-corrected chi connectivity index (χ1v) is 11.8. The molecule has 4 bridgehead atoms. The van der Waals surface area contributed by atoms with E-state index in [2.05, 4.69) is 46.6 Å². The van der Waals surface area contributed by atoms with Crippen LogP contribution in [0.5, 0.6) is 17.2 Å². The molecule has 5 heteroatoms. The van der Waals surface area contributed by atoms with E-state index in [1.54, 1.807) is 6.07 Å². The number of amides is 1. The van der Waals surface area contributed by atoms with E-state index in [1.165, 1.54) is 11.1 Å². The van der Waals surface area contributed by atoms with E-state index in [4.69, 9.17) is 4.74 Å². The van der Waals surface area contributed by atoms with Crippen LogP contribution in [0.15, 0.2) is 66.7 Å². The van der Waals surface area contributed by atoms with Gasteiger partial charge in [-0.2, -0.15) is 0 Å². The molecule has 3 aliphatic rings. The first kappa shape index (κ1) is 20.3. The lowest BCUT2D eigenvalue weighted by Crippen LogP contribution is -2.41. The Morgan fingerprint density at radius 1 is 0.909 bits per heavy atom. The third-order valence-corrected chi connectivity index (χ3v) is 7.42. The number of nitrogens with zero attached hydrogens (tertiary/aromatic N) is 1. The number of phenolic OH excluding ortho intramolecular Hbond substituents is 1. The van der Waals surface area contributed by atoms with E-state index in [0.717, 1.165) is 37.1 Å². The lowest BCUT2D eigenvalue weighted by atomic mass is 9.94. The Morgan fingerprint density at radius 2 is 1.73 bits per heavy atom. The molecule has 0 saturated carbocycles. The van der Waals surface area contributed by atoms with Crippen LogP contribution < -0.4 is 10.1 Å². The Balaban J connectivity index is 1.31. The summed E-state index contributed by atoms with van der Waals surface area (Å²) in [6.45, 7) is 1.76. The number of aromatic hydroxyl groups is 1. The average Bonchev–Trinajstić information content (AvgIpc) is 3.43. The molecule has 1 fully saturated rings. The molecule has 3 aromatic carbocycles. The van der Waals surface area contributed by atoms with E-state index in [0.29, 0.717) is 30.4 Å². The molecule has 2 atom stereocenters. The van der Waals surface area contributed by atoms with Crippen molar-refractivity contribution in [2.75, 3.05) is 13.1 Å². The van der Waals surface area contributed by atoms with Gasteiger partial charge in [0.05, 0.1) is 0 Å². The van der Waals surface area contributed by atoms with Gasteiger partial charge in [0, 0.05) is 37.5 Å². The van der Waals surface area contributed by atoms with E-state index < -0.39 is 0 Å². The number of carbonyl (C=O) groups excluding carboxylic acids is 1. The number of aryl methyl sites for hydroxylation is 1. The number of hydrogen-bond donors (Lipinski definition) is 2. The molecule has 2 N–H and O–H groups in total. The number of benzene rings is 3. The van der Waals surface area contributed by atoms with Gasteiger partial charge in [0.15, 0.2) is 11.5 Å². The third kappa shape index (κ3) is 3.98. The van der Waals surface area contributed by atoms with Gasteiger partial charge in [0.2, 0.25) is 5.91 Å². The summed E-state index contributed by atoms with van der Waals surface area (Å²) in [5.74, 6) is 1.51. The van der Waals surface area contributed by atoms with Gasteiger partial charge in [-0.25, -0.2) is 0 Å². The van der Waals surface area contributed by atoms with Crippen molar-refractivity contribution in [1.82, 2.24) is 10.2 Å². The lowest BCUT2D eigenvalue weighted by Gasteiger charge is -2.23. The van der Waals surface area contributed by atoms with E-state index in [-0.39, 0.29) is 23.6 Å².